The average Bonchev–Trinajstić information content (AvgIpc) is 2.70. The van der Waals surface area contributed by atoms with Crippen LogP contribution in [0.1, 0.15) is 11.1 Å². The standard InChI is InChI=1S/C16H12BrN/c1-3-9-10(4-2)13-8-14(17)16(18)12-7-5-6-11(9)15(12)13/h3-8H,1-2,18H2. The zero-order valence-electron chi connectivity index (χ0n) is 9.83. The second kappa shape index (κ2) is 3.85. The molecule has 0 atom stereocenters. The third-order valence-electron chi connectivity index (χ3n) is 3.43. The Morgan fingerprint density at radius 1 is 1.06 bits per heavy atom. The van der Waals surface area contributed by atoms with Gasteiger partial charge in [-0.25, -0.2) is 0 Å². The molecule has 0 amide bonds. The lowest BCUT2D eigenvalue weighted by molar-refractivity contribution is 1.65. The maximum Gasteiger partial charge on any atom is 0.0538 e. The molecule has 0 aliphatic heterocycles. The van der Waals surface area contributed by atoms with Crippen LogP contribution in [0.25, 0.3) is 21.9 Å². The summed E-state index contributed by atoms with van der Waals surface area (Å²) >= 11 is 3.52. The highest BCUT2D eigenvalue weighted by atomic mass is 79.9. The predicted octanol–water partition coefficient (Wildman–Crippen LogP) is 4.78. The van der Waals surface area contributed by atoms with Gasteiger partial charge in [-0.05, 0) is 49.7 Å². The summed E-state index contributed by atoms with van der Waals surface area (Å²) in [5, 5.41) is 2.27. The summed E-state index contributed by atoms with van der Waals surface area (Å²) in [7, 11) is 0. The van der Waals surface area contributed by atoms with E-state index in [1.165, 1.54) is 16.5 Å². The summed E-state index contributed by atoms with van der Waals surface area (Å²) in [4.78, 5) is 0. The molecule has 18 heavy (non-hydrogen) atoms. The van der Waals surface area contributed by atoms with Gasteiger partial charge in [-0.15, -0.1) is 0 Å². The molecular weight excluding hydrogens is 286 g/mol. The lowest BCUT2D eigenvalue weighted by Crippen LogP contribution is -1.91. The Labute approximate surface area is 114 Å². The zero-order chi connectivity index (χ0) is 12.9. The SMILES string of the molecule is C=CC1=C(C=C)c2cc(Br)c(N)c3cccc1c23. The molecule has 0 heterocycles. The van der Waals surface area contributed by atoms with Gasteiger partial charge < -0.3 is 5.73 Å². The summed E-state index contributed by atoms with van der Waals surface area (Å²) in [5.41, 5.74) is 11.5. The van der Waals surface area contributed by atoms with E-state index >= 15 is 0 Å². The van der Waals surface area contributed by atoms with Crippen molar-refractivity contribution in [3.05, 3.63) is 65.2 Å². The minimum atomic E-state index is 0.782. The molecule has 2 heteroatoms. The van der Waals surface area contributed by atoms with Crippen molar-refractivity contribution in [3.8, 4) is 0 Å². The number of nitrogen functional groups attached to an aromatic ring is 1. The van der Waals surface area contributed by atoms with Crippen molar-refractivity contribution in [3.63, 3.8) is 0 Å². The van der Waals surface area contributed by atoms with Gasteiger partial charge in [0.2, 0.25) is 0 Å². The minimum absolute atomic E-state index is 0.782. The third kappa shape index (κ3) is 1.27. The molecule has 0 radical (unpaired) electrons. The monoisotopic (exact) mass is 297 g/mol. The first-order chi connectivity index (χ1) is 8.69. The molecule has 3 rings (SSSR count). The molecule has 0 aromatic heterocycles. The Bertz CT molecular complexity index is 738. The fourth-order valence-electron chi connectivity index (χ4n) is 2.64. The first kappa shape index (κ1) is 11.3. The Hall–Kier alpha value is -1.80. The number of anilines is 1. The van der Waals surface area contributed by atoms with Gasteiger partial charge in [0.1, 0.15) is 0 Å². The van der Waals surface area contributed by atoms with Crippen LogP contribution in [0.3, 0.4) is 0 Å². The van der Waals surface area contributed by atoms with Crippen LogP contribution in [0.5, 0.6) is 0 Å². The van der Waals surface area contributed by atoms with Gasteiger partial charge in [0, 0.05) is 9.86 Å². The lowest BCUT2D eigenvalue weighted by atomic mass is 10.0. The van der Waals surface area contributed by atoms with Crippen molar-refractivity contribution in [1.82, 2.24) is 0 Å². The molecule has 2 N–H and O–H groups in total. The second-order valence-electron chi connectivity index (χ2n) is 4.28. The Balaban J connectivity index is 2.57. The molecule has 0 saturated carbocycles. The number of allylic oxidation sites excluding steroid dienone is 4. The maximum absolute atomic E-state index is 6.14. The molecule has 0 unspecified atom stereocenters. The largest absolute Gasteiger partial charge is 0.397 e. The van der Waals surface area contributed by atoms with Gasteiger partial charge in [0.05, 0.1) is 5.69 Å². The molecule has 1 aliphatic rings. The van der Waals surface area contributed by atoms with Crippen molar-refractivity contribution in [1.29, 1.82) is 0 Å². The molecule has 0 spiro atoms. The minimum Gasteiger partial charge on any atom is -0.397 e. The summed E-state index contributed by atoms with van der Waals surface area (Å²) in [6, 6.07) is 8.25. The quantitative estimate of drug-likeness (QED) is 0.793. The number of hydrogen-bond acceptors (Lipinski definition) is 1. The van der Waals surface area contributed by atoms with Crippen LogP contribution in [0.2, 0.25) is 0 Å². The summed E-state index contributed by atoms with van der Waals surface area (Å²) in [6.07, 6.45) is 3.77. The first-order valence-electron chi connectivity index (χ1n) is 5.69. The van der Waals surface area contributed by atoms with E-state index in [2.05, 4.69) is 47.3 Å². The van der Waals surface area contributed by atoms with E-state index < -0.39 is 0 Å². The maximum atomic E-state index is 6.14. The van der Waals surface area contributed by atoms with E-state index in [1.54, 1.807) is 0 Å². The second-order valence-corrected chi connectivity index (χ2v) is 5.14. The predicted molar refractivity (Wildman–Crippen MR) is 83.3 cm³/mol. The van der Waals surface area contributed by atoms with Gasteiger partial charge in [-0.2, -0.15) is 0 Å². The van der Waals surface area contributed by atoms with Crippen LogP contribution in [-0.2, 0) is 0 Å². The fraction of sp³-hybridized carbons (Fsp3) is 0. The van der Waals surface area contributed by atoms with Crippen LogP contribution in [0.15, 0.2) is 54.0 Å². The summed E-state index contributed by atoms with van der Waals surface area (Å²) in [6.45, 7) is 7.82. The topological polar surface area (TPSA) is 26.0 Å². The van der Waals surface area contributed by atoms with Gasteiger partial charge in [0.25, 0.3) is 0 Å². The lowest BCUT2D eigenvalue weighted by Gasteiger charge is -2.08. The molecule has 2 aromatic carbocycles. The van der Waals surface area contributed by atoms with Crippen LogP contribution in [0.4, 0.5) is 5.69 Å². The Morgan fingerprint density at radius 3 is 2.39 bits per heavy atom. The van der Waals surface area contributed by atoms with Crippen LogP contribution in [0, 0.1) is 0 Å². The van der Waals surface area contributed by atoms with Crippen LogP contribution in [-0.4, -0.2) is 0 Å². The van der Waals surface area contributed by atoms with Gasteiger partial charge >= 0.3 is 0 Å². The summed E-state index contributed by atoms with van der Waals surface area (Å²) < 4.78 is 0.923. The van der Waals surface area contributed by atoms with Gasteiger partial charge in [-0.1, -0.05) is 43.5 Å². The van der Waals surface area contributed by atoms with Crippen molar-refractivity contribution < 1.29 is 0 Å². The molecule has 2 aromatic rings. The fourth-order valence-corrected chi connectivity index (χ4v) is 3.08. The number of hydrogen-bond donors (Lipinski definition) is 1. The highest BCUT2D eigenvalue weighted by Gasteiger charge is 2.22. The van der Waals surface area contributed by atoms with Gasteiger partial charge in [0.15, 0.2) is 0 Å². The van der Waals surface area contributed by atoms with Crippen molar-refractivity contribution in [2.45, 2.75) is 0 Å². The first-order valence-corrected chi connectivity index (χ1v) is 6.49. The average molecular weight is 298 g/mol. The third-order valence-corrected chi connectivity index (χ3v) is 4.09. The van der Waals surface area contributed by atoms with E-state index in [4.69, 9.17) is 5.73 Å². The van der Waals surface area contributed by atoms with Crippen molar-refractivity contribution in [2.24, 2.45) is 0 Å². The van der Waals surface area contributed by atoms with Crippen LogP contribution >= 0.6 is 15.9 Å². The van der Waals surface area contributed by atoms with E-state index in [1.807, 2.05) is 18.2 Å². The highest BCUT2D eigenvalue weighted by molar-refractivity contribution is 9.10. The number of benzene rings is 2. The van der Waals surface area contributed by atoms with E-state index in [9.17, 15) is 0 Å². The normalized spacial score (nSPS) is 13.2. The molecule has 0 fully saturated rings. The molecule has 88 valence electrons. The molecule has 1 nitrogen and oxygen atoms in total. The van der Waals surface area contributed by atoms with E-state index in [0.717, 1.165) is 26.7 Å². The number of rotatable bonds is 2. The Kier molecular flexibility index (Phi) is 2.42. The molecule has 0 saturated heterocycles. The van der Waals surface area contributed by atoms with E-state index in [0.29, 0.717) is 0 Å². The van der Waals surface area contributed by atoms with Gasteiger partial charge in [-0.3, -0.25) is 0 Å². The highest BCUT2D eigenvalue weighted by Crippen LogP contribution is 2.46. The van der Waals surface area contributed by atoms with Crippen molar-refractivity contribution >= 4 is 43.5 Å². The van der Waals surface area contributed by atoms with Crippen LogP contribution < -0.4 is 5.73 Å². The molecular formula is C16H12BrN. The smallest absolute Gasteiger partial charge is 0.0538 e. The zero-order valence-corrected chi connectivity index (χ0v) is 11.4. The molecule has 0 bridgehead atoms. The van der Waals surface area contributed by atoms with Crippen molar-refractivity contribution in [2.75, 3.05) is 5.73 Å². The Morgan fingerprint density at radius 2 is 1.72 bits per heavy atom. The number of halogens is 1. The van der Waals surface area contributed by atoms with E-state index in [-0.39, 0.29) is 0 Å². The number of nitrogens with two attached hydrogens (primary N) is 1. The summed E-state index contributed by atoms with van der Waals surface area (Å²) in [5.74, 6) is 0. The molecule has 1 aliphatic carbocycles.